The molecule has 0 N–H and O–H groups in total. The second-order valence-corrected chi connectivity index (χ2v) is 7.05. The van der Waals surface area contributed by atoms with Gasteiger partial charge in [-0.05, 0) is 26.3 Å². The fraction of sp³-hybridized carbons (Fsp3) is 0.300. The number of rotatable bonds is 5. The van der Waals surface area contributed by atoms with Crippen LogP contribution in [0.3, 0.4) is 0 Å². The van der Waals surface area contributed by atoms with E-state index < -0.39 is 0 Å². The average molecular weight is 379 g/mol. The number of carbonyl (C=O) groups excluding carboxylic acids is 2. The molecule has 0 atom stereocenters. The highest BCUT2D eigenvalue weighted by atomic mass is 16.5. The number of hydrogen-bond donors (Lipinski definition) is 0. The second-order valence-electron chi connectivity index (χ2n) is 7.05. The number of aryl methyl sites for hydroxylation is 3. The van der Waals surface area contributed by atoms with E-state index in [1.165, 1.54) is 11.1 Å². The maximum atomic E-state index is 12.8. The van der Waals surface area contributed by atoms with Crippen LogP contribution >= 0.6 is 0 Å². The highest BCUT2D eigenvalue weighted by Crippen LogP contribution is 2.23. The predicted octanol–water partition coefficient (Wildman–Crippen LogP) is 2.81. The maximum Gasteiger partial charge on any atom is 0.332 e. The first-order chi connectivity index (χ1) is 13.4. The van der Waals surface area contributed by atoms with Crippen LogP contribution in [0.1, 0.15) is 28.1 Å². The van der Waals surface area contributed by atoms with Crippen LogP contribution in [0.4, 0.5) is 10.5 Å². The van der Waals surface area contributed by atoms with Crippen molar-refractivity contribution in [3.05, 3.63) is 64.8 Å². The minimum absolute atomic E-state index is 0.0573. The molecule has 0 radical (unpaired) electrons. The molecule has 144 valence electrons. The molecular weight excluding hydrogens is 358 g/mol. The number of imide groups is 1. The Morgan fingerprint density at radius 2 is 1.82 bits per heavy atom. The quantitative estimate of drug-likeness (QED) is 0.637. The number of anilines is 1. The number of hydrogen-bond acceptors (Lipinski definition) is 5. The van der Waals surface area contributed by atoms with Crippen molar-refractivity contribution in [1.82, 2.24) is 19.8 Å². The van der Waals surface area contributed by atoms with Crippen LogP contribution in [-0.2, 0) is 17.9 Å². The smallest absolute Gasteiger partial charge is 0.332 e. The van der Waals surface area contributed by atoms with Crippen LogP contribution in [0.25, 0.3) is 0 Å². The third kappa shape index (κ3) is 3.28. The molecule has 1 fully saturated rings. The monoisotopic (exact) mass is 379 g/mol. The third-order valence-corrected chi connectivity index (χ3v) is 4.91. The largest absolute Gasteiger partial charge is 0.361 e. The van der Waals surface area contributed by atoms with Crippen molar-refractivity contribution < 1.29 is 14.1 Å². The molecule has 0 spiro atoms. The van der Waals surface area contributed by atoms with E-state index in [4.69, 9.17) is 4.52 Å². The summed E-state index contributed by atoms with van der Waals surface area (Å²) in [6.45, 7) is 6.64. The van der Waals surface area contributed by atoms with E-state index in [1.807, 2.05) is 45.0 Å². The second kappa shape index (κ2) is 6.95. The number of urea groups is 1. The average Bonchev–Trinajstić information content (AvgIpc) is 3.32. The van der Waals surface area contributed by atoms with Gasteiger partial charge in [-0.25, -0.2) is 9.69 Å². The summed E-state index contributed by atoms with van der Waals surface area (Å²) in [5.41, 5.74) is 4.35. The number of carbonyl (C=O) groups is 2. The summed E-state index contributed by atoms with van der Waals surface area (Å²) in [7, 11) is 0. The molecule has 2 aromatic heterocycles. The van der Waals surface area contributed by atoms with Gasteiger partial charge in [0, 0.05) is 18.3 Å². The van der Waals surface area contributed by atoms with Crippen LogP contribution in [0.15, 0.2) is 41.2 Å². The lowest BCUT2D eigenvalue weighted by Crippen LogP contribution is -2.32. The van der Waals surface area contributed by atoms with Gasteiger partial charge in [-0.3, -0.25) is 9.48 Å². The first kappa shape index (κ1) is 18.0. The molecule has 0 bridgehead atoms. The molecule has 1 aromatic carbocycles. The number of nitrogens with zero attached hydrogens (tertiary/aromatic N) is 5. The highest BCUT2D eigenvalue weighted by Gasteiger charge is 2.37. The van der Waals surface area contributed by atoms with Crippen LogP contribution in [0, 0.1) is 20.8 Å². The fourth-order valence-corrected chi connectivity index (χ4v) is 3.29. The molecular formula is C20H21N5O3. The molecule has 1 saturated heterocycles. The summed E-state index contributed by atoms with van der Waals surface area (Å²) in [6, 6.07) is 7.60. The highest BCUT2D eigenvalue weighted by molar-refractivity contribution is 6.19. The number of benzene rings is 1. The zero-order valence-electron chi connectivity index (χ0n) is 16.0. The van der Waals surface area contributed by atoms with Gasteiger partial charge in [-0.15, -0.1) is 0 Å². The molecule has 4 rings (SSSR count). The fourth-order valence-electron chi connectivity index (χ4n) is 3.29. The molecule has 0 aliphatic carbocycles. The van der Waals surface area contributed by atoms with Gasteiger partial charge in [0.05, 0.1) is 24.1 Å². The van der Waals surface area contributed by atoms with Crippen LogP contribution < -0.4 is 4.90 Å². The Hall–Kier alpha value is -3.42. The first-order valence-corrected chi connectivity index (χ1v) is 9.04. The molecule has 8 heteroatoms. The van der Waals surface area contributed by atoms with Crippen molar-refractivity contribution in [2.24, 2.45) is 0 Å². The first-order valence-electron chi connectivity index (χ1n) is 9.04. The van der Waals surface area contributed by atoms with Gasteiger partial charge in [0.25, 0.3) is 5.91 Å². The van der Waals surface area contributed by atoms with E-state index in [9.17, 15) is 9.59 Å². The van der Waals surface area contributed by atoms with Crippen LogP contribution in [-0.4, -0.2) is 38.3 Å². The molecule has 1 aliphatic rings. The van der Waals surface area contributed by atoms with E-state index in [0.29, 0.717) is 18.8 Å². The Kier molecular flexibility index (Phi) is 4.46. The van der Waals surface area contributed by atoms with Gasteiger partial charge >= 0.3 is 6.03 Å². The zero-order valence-corrected chi connectivity index (χ0v) is 16.0. The van der Waals surface area contributed by atoms with Crippen LogP contribution in [0.2, 0.25) is 0 Å². The molecule has 8 nitrogen and oxygen atoms in total. The molecule has 3 aromatic rings. The minimum atomic E-state index is -0.331. The SMILES string of the molecule is Cc1ccc(CN2CC(=O)N(c3cnn(Cc4c(C)noc4C)c3)C2=O)cc1. The summed E-state index contributed by atoms with van der Waals surface area (Å²) < 4.78 is 6.84. The molecule has 0 unspecified atom stereocenters. The van der Waals surface area contributed by atoms with E-state index in [2.05, 4.69) is 10.3 Å². The lowest BCUT2D eigenvalue weighted by atomic mass is 10.1. The zero-order chi connectivity index (χ0) is 19.8. The van der Waals surface area contributed by atoms with Crippen molar-refractivity contribution in [3.8, 4) is 0 Å². The van der Waals surface area contributed by atoms with Crippen LogP contribution in [0.5, 0.6) is 0 Å². The van der Waals surface area contributed by atoms with Gasteiger partial charge in [0.15, 0.2) is 0 Å². The summed E-state index contributed by atoms with van der Waals surface area (Å²) in [6.07, 6.45) is 3.22. The lowest BCUT2D eigenvalue weighted by molar-refractivity contribution is -0.116. The molecule has 3 amide bonds. The maximum absolute atomic E-state index is 12.8. The number of aromatic nitrogens is 3. The normalized spacial score (nSPS) is 14.4. The summed E-state index contributed by atoms with van der Waals surface area (Å²) in [5, 5.41) is 8.22. The van der Waals surface area contributed by atoms with Gasteiger partial charge in [-0.1, -0.05) is 35.0 Å². The Morgan fingerprint density at radius 3 is 2.50 bits per heavy atom. The van der Waals surface area contributed by atoms with E-state index in [1.54, 1.807) is 15.8 Å². The molecule has 3 heterocycles. The van der Waals surface area contributed by atoms with Gasteiger partial charge in [-0.2, -0.15) is 5.10 Å². The minimum Gasteiger partial charge on any atom is -0.361 e. The Labute approximate surface area is 162 Å². The van der Waals surface area contributed by atoms with Crippen molar-refractivity contribution >= 4 is 17.6 Å². The van der Waals surface area contributed by atoms with Crippen molar-refractivity contribution in [1.29, 1.82) is 0 Å². The van der Waals surface area contributed by atoms with E-state index >= 15 is 0 Å². The lowest BCUT2D eigenvalue weighted by Gasteiger charge is -2.16. The van der Waals surface area contributed by atoms with E-state index in [0.717, 1.165) is 28.1 Å². The molecule has 0 saturated carbocycles. The third-order valence-electron chi connectivity index (χ3n) is 4.91. The van der Waals surface area contributed by atoms with Crippen molar-refractivity contribution in [2.75, 3.05) is 11.4 Å². The Morgan fingerprint density at radius 1 is 1.07 bits per heavy atom. The van der Waals surface area contributed by atoms with E-state index in [-0.39, 0.29) is 18.5 Å². The number of amides is 3. The molecule has 28 heavy (non-hydrogen) atoms. The van der Waals surface area contributed by atoms with Crippen molar-refractivity contribution in [2.45, 2.75) is 33.9 Å². The van der Waals surface area contributed by atoms with Gasteiger partial charge in [0.1, 0.15) is 12.3 Å². The predicted molar refractivity (Wildman–Crippen MR) is 102 cm³/mol. The van der Waals surface area contributed by atoms with Crippen molar-refractivity contribution in [3.63, 3.8) is 0 Å². The molecule has 1 aliphatic heterocycles. The summed E-state index contributed by atoms with van der Waals surface area (Å²) in [5.74, 6) is 0.473. The standard InChI is InChI=1S/C20H21N5O3/c1-13-4-6-16(7-5-13)9-23-12-19(26)25(20(23)27)17-8-21-24(10-17)11-18-14(2)22-28-15(18)3/h4-8,10H,9,11-12H2,1-3H3. The Balaban J connectivity index is 1.50. The topological polar surface area (TPSA) is 84.5 Å². The van der Waals surface area contributed by atoms with Gasteiger partial charge < -0.3 is 9.42 Å². The summed E-state index contributed by atoms with van der Waals surface area (Å²) >= 11 is 0. The Bertz CT molecular complexity index is 1020. The van der Waals surface area contributed by atoms with Gasteiger partial charge in [0.2, 0.25) is 0 Å². The summed E-state index contributed by atoms with van der Waals surface area (Å²) in [4.78, 5) is 28.0.